The first kappa shape index (κ1) is 11.0. The van der Waals surface area contributed by atoms with Gasteiger partial charge >= 0.3 is 5.97 Å². The number of methoxy groups -OCH3 is 1. The molecule has 1 rings (SSSR count). The van der Waals surface area contributed by atoms with Crippen molar-refractivity contribution in [1.29, 1.82) is 0 Å². The number of esters is 1. The Morgan fingerprint density at radius 1 is 1.64 bits per heavy atom. The molecule has 0 amide bonds. The van der Waals surface area contributed by atoms with E-state index < -0.39 is 0 Å². The van der Waals surface area contributed by atoms with Gasteiger partial charge in [0.05, 0.1) is 12.8 Å². The molecule has 4 nitrogen and oxygen atoms in total. The summed E-state index contributed by atoms with van der Waals surface area (Å²) in [4.78, 5) is 14.2. The van der Waals surface area contributed by atoms with Crippen LogP contribution >= 0.6 is 12.2 Å². The van der Waals surface area contributed by atoms with Crippen molar-refractivity contribution in [2.75, 3.05) is 7.11 Å². The SMILES string of the molecule is CCCc1c(C(=O)OC)[nH]c(=S)n1C. The molecule has 0 atom stereocenters. The largest absolute Gasteiger partial charge is 0.464 e. The molecule has 14 heavy (non-hydrogen) atoms. The Balaban J connectivity index is 3.21. The summed E-state index contributed by atoms with van der Waals surface area (Å²) in [6.07, 6.45) is 1.78. The van der Waals surface area contributed by atoms with Crippen LogP contribution < -0.4 is 0 Å². The van der Waals surface area contributed by atoms with Gasteiger partial charge in [0.1, 0.15) is 5.69 Å². The van der Waals surface area contributed by atoms with Crippen molar-refractivity contribution in [2.24, 2.45) is 7.05 Å². The van der Waals surface area contributed by atoms with Gasteiger partial charge in [-0.05, 0) is 18.6 Å². The molecule has 0 unspecified atom stereocenters. The molecule has 0 fully saturated rings. The molecule has 5 heteroatoms. The summed E-state index contributed by atoms with van der Waals surface area (Å²) in [5, 5.41) is 0. The molecule has 1 heterocycles. The minimum absolute atomic E-state index is 0.361. The molecule has 78 valence electrons. The fourth-order valence-corrected chi connectivity index (χ4v) is 1.57. The fourth-order valence-electron chi connectivity index (χ4n) is 1.35. The summed E-state index contributed by atoms with van der Waals surface area (Å²) in [6, 6.07) is 0. The Morgan fingerprint density at radius 2 is 2.29 bits per heavy atom. The van der Waals surface area contributed by atoms with E-state index in [1.165, 1.54) is 7.11 Å². The first-order valence-electron chi connectivity index (χ1n) is 4.48. The molecule has 0 radical (unpaired) electrons. The molecular formula is C9H14N2O2S. The number of aromatic nitrogens is 2. The first-order chi connectivity index (χ1) is 6.61. The van der Waals surface area contributed by atoms with E-state index in [9.17, 15) is 4.79 Å². The highest BCUT2D eigenvalue weighted by Crippen LogP contribution is 2.11. The zero-order valence-corrected chi connectivity index (χ0v) is 9.40. The van der Waals surface area contributed by atoms with Gasteiger partial charge in [-0.15, -0.1) is 0 Å². The van der Waals surface area contributed by atoms with E-state index >= 15 is 0 Å². The topological polar surface area (TPSA) is 47.0 Å². The Kier molecular flexibility index (Phi) is 3.46. The Hall–Kier alpha value is -1.10. The van der Waals surface area contributed by atoms with Crippen LogP contribution in [-0.2, 0) is 18.2 Å². The fraction of sp³-hybridized carbons (Fsp3) is 0.556. The number of hydrogen-bond acceptors (Lipinski definition) is 3. The number of hydrogen-bond donors (Lipinski definition) is 1. The molecular weight excluding hydrogens is 200 g/mol. The maximum atomic E-state index is 11.4. The lowest BCUT2D eigenvalue weighted by molar-refractivity contribution is 0.0593. The molecule has 0 aliphatic heterocycles. The molecule has 0 aliphatic rings. The van der Waals surface area contributed by atoms with Crippen molar-refractivity contribution in [2.45, 2.75) is 19.8 Å². The van der Waals surface area contributed by atoms with Crippen molar-refractivity contribution in [3.8, 4) is 0 Å². The normalized spacial score (nSPS) is 10.2. The van der Waals surface area contributed by atoms with Gasteiger partial charge in [0.2, 0.25) is 0 Å². The van der Waals surface area contributed by atoms with Crippen molar-refractivity contribution in [1.82, 2.24) is 9.55 Å². The molecule has 0 saturated carbocycles. The average molecular weight is 214 g/mol. The number of nitrogens with one attached hydrogen (secondary N) is 1. The van der Waals surface area contributed by atoms with Crippen LogP contribution in [0.2, 0.25) is 0 Å². The van der Waals surface area contributed by atoms with Gasteiger partial charge in [0.25, 0.3) is 0 Å². The monoisotopic (exact) mass is 214 g/mol. The smallest absolute Gasteiger partial charge is 0.356 e. The van der Waals surface area contributed by atoms with E-state index in [-0.39, 0.29) is 5.97 Å². The van der Waals surface area contributed by atoms with Crippen LogP contribution in [0.5, 0.6) is 0 Å². The van der Waals surface area contributed by atoms with E-state index in [2.05, 4.69) is 16.6 Å². The van der Waals surface area contributed by atoms with Crippen LogP contribution in [0.4, 0.5) is 0 Å². The predicted molar refractivity (Wildman–Crippen MR) is 55.9 cm³/mol. The predicted octanol–water partition coefficient (Wildman–Crippen LogP) is 1.82. The lowest BCUT2D eigenvalue weighted by Crippen LogP contribution is -2.07. The second-order valence-electron chi connectivity index (χ2n) is 3.05. The molecule has 1 aromatic heterocycles. The Labute approximate surface area is 87.9 Å². The summed E-state index contributed by atoms with van der Waals surface area (Å²) < 4.78 is 7.02. The van der Waals surface area contributed by atoms with Gasteiger partial charge in [0.15, 0.2) is 4.77 Å². The second kappa shape index (κ2) is 4.41. The Morgan fingerprint density at radius 3 is 2.79 bits per heavy atom. The molecule has 1 aromatic rings. The molecule has 0 spiro atoms. The van der Waals surface area contributed by atoms with Gasteiger partial charge in [0, 0.05) is 7.05 Å². The van der Waals surface area contributed by atoms with Crippen molar-refractivity contribution < 1.29 is 9.53 Å². The standard InChI is InChI=1S/C9H14N2O2S/c1-4-5-6-7(8(12)13-3)10-9(14)11(6)2/h4-5H2,1-3H3,(H,10,14). The van der Waals surface area contributed by atoms with Gasteiger partial charge < -0.3 is 14.3 Å². The van der Waals surface area contributed by atoms with Crippen molar-refractivity contribution in [3.63, 3.8) is 0 Å². The third-order valence-corrected chi connectivity index (χ3v) is 2.48. The quantitative estimate of drug-likeness (QED) is 0.616. The van der Waals surface area contributed by atoms with E-state index in [1.807, 2.05) is 11.6 Å². The van der Waals surface area contributed by atoms with Crippen molar-refractivity contribution in [3.05, 3.63) is 16.2 Å². The van der Waals surface area contributed by atoms with E-state index in [0.29, 0.717) is 10.5 Å². The number of H-pyrrole nitrogens is 1. The van der Waals surface area contributed by atoms with Crippen molar-refractivity contribution >= 4 is 18.2 Å². The van der Waals surface area contributed by atoms with Crippen LogP contribution in [0.1, 0.15) is 29.5 Å². The maximum absolute atomic E-state index is 11.4. The third-order valence-electron chi connectivity index (χ3n) is 2.11. The number of imidazole rings is 1. The molecule has 1 N–H and O–H groups in total. The third kappa shape index (κ3) is 1.87. The zero-order chi connectivity index (χ0) is 10.7. The summed E-state index contributed by atoms with van der Waals surface area (Å²) in [7, 11) is 3.21. The lowest BCUT2D eigenvalue weighted by atomic mass is 10.2. The second-order valence-corrected chi connectivity index (χ2v) is 3.44. The number of rotatable bonds is 3. The summed E-state index contributed by atoms with van der Waals surface area (Å²) in [5.74, 6) is -0.361. The summed E-state index contributed by atoms with van der Waals surface area (Å²) >= 11 is 5.04. The van der Waals surface area contributed by atoms with Gasteiger partial charge in [-0.2, -0.15) is 0 Å². The molecule has 0 aliphatic carbocycles. The van der Waals surface area contributed by atoms with E-state index in [0.717, 1.165) is 18.5 Å². The minimum Gasteiger partial charge on any atom is -0.464 e. The van der Waals surface area contributed by atoms with E-state index in [4.69, 9.17) is 12.2 Å². The minimum atomic E-state index is -0.361. The number of carbonyl (C=O) groups excluding carboxylic acids is 1. The summed E-state index contributed by atoms with van der Waals surface area (Å²) in [5.41, 5.74) is 1.38. The van der Waals surface area contributed by atoms with Crippen LogP contribution in [0, 0.1) is 4.77 Å². The van der Waals surface area contributed by atoms with Crippen LogP contribution in [0.25, 0.3) is 0 Å². The van der Waals surface area contributed by atoms with Gasteiger partial charge in [-0.1, -0.05) is 13.3 Å². The maximum Gasteiger partial charge on any atom is 0.356 e. The highest BCUT2D eigenvalue weighted by Gasteiger charge is 2.16. The molecule has 0 bridgehead atoms. The van der Waals surface area contributed by atoms with Gasteiger partial charge in [-0.3, -0.25) is 0 Å². The zero-order valence-electron chi connectivity index (χ0n) is 8.59. The first-order valence-corrected chi connectivity index (χ1v) is 4.88. The summed E-state index contributed by atoms with van der Waals surface area (Å²) in [6.45, 7) is 2.05. The highest BCUT2D eigenvalue weighted by molar-refractivity contribution is 7.71. The van der Waals surface area contributed by atoms with Crippen LogP contribution in [0.3, 0.4) is 0 Å². The number of nitrogens with zero attached hydrogens (tertiary/aromatic N) is 1. The number of aromatic amines is 1. The average Bonchev–Trinajstić information content (AvgIpc) is 2.45. The van der Waals surface area contributed by atoms with E-state index in [1.54, 1.807) is 0 Å². The highest BCUT2D eigenvalue weighted by atomic mass is 32.1. The molecule has 0 saturated heterocycles. The number of carbonyl (C=O) groups is 1. The van der Waals surface area contributed by atoms with Crippen LogP contribution in [0.15, 0.2) is 0 Å². The van der Waals surface area contributed by atoms with Gasteiger partial charge in [-0.25, -0.2) is 4.79 Å². The molecule has 0 aromatic carbocycles. The van der Waals surface area contributed by atoms with Crippen LogP contribution in [-0.4, -0.2) is 22.6 Å². The Bertz CT molecular complexity index is 392. The number of ether oxygens (including phenoxy) is 1. The lowest BCUT2D eigenvalue weighted by Gasteiger charge is -2.02.